The zero-order chi connectivity index (χ0) is 12.2. The molecule has 1 aliphatic rings. The summed E-state index contributed by atoms with van der Waals surface area (Å²) < 4.78 is 2.05. The van der Waals surface area contributed by atoms with Crippen molar-refractivity contribution >= 4 is 11.6 Å². The molecular formula is C13H17N5. The van der Waals surface area contributed by atoms with Crippen molar-refractivity contribution in [1.29, 1.82) is 0 Å². The average Bonchev–Trinajstić information content (AvgIpc) is 2.82. The van der Waals surface area contributed by atoms with Crippen LogP contribution in [0.15, 0.2) is 35.6 Å². The minimum Gasteiger partial charge on any atom is -0.356 e. The normalized spacial score (nSPS) is 15.2. The van der Waals surface area contributed by atoms with Gasteiger partial charge in [-0.15, -0.1) is 0 Å². The molecule has 0 unspecified atom stereocenters. The second-order valence-electron chi connectivity index (χ2n) is 4.39. The molecule has 1 aliphatic heterocycles. The number of aromatic nitrogens is 2. The van der Waals surface area contributed by atoms with Gasteiger partial charge in [-0.2, -0.15) is 0 Å². The highest BCUT2D eigenvalue weighted by Gasteiger charge is 2.04. The third-order valence-electron chi connectivity index (χ3n) is 2.98. The number of fused-ring (bicyclic) bond motifs is 1. The maximum absolute atomic E-state index is 4.56. The summed E-state index contributed by atoms with van der Waals surface area (Å²) in [6.07, 6.45) is 6.12. The molecule has 2 N–H and O–H groups in total. The zero-order valence-electron chi connectivity index (χ0n) is 10.3. The van der Waals surface area contributed by atoms with Gasteiger partial charge in [0.1, 0.15) is 5.65 Å². The highest BCUT2D eigenvalue weighted by atomic mass is 15.2. The summed E-state index contributed by atoms with van der Waals surface area (Å²) in [7, 11) is 0. The molecule has 0 bridgehead atoms. The van der Waals surface area contributed by atoms with Crippen molar-refractivity contribution in [2.45, 2.75) is 12.8 Å². The Hall–Kier alpha value is -2.04. The molecule has 0 aliphatic carbocycles. The molecule has 2 aromatic rings. The minimum absolute atomic E-state index is 0.857. The molecule has 94 valence electrons. The number of guanidine groups is 1. The lowest BCUT2D eigenvalue weighted by molar-refractivity contribution is 0.698. The van der Waals surface area contributed by atoms with Crippen LogP contribution in [0, 0.1) is 0 Å². The van der Waals surface area contributed by atoms with Gasteiger partial charge in [0.2, 0.25) is 0 Å². The van der Waals surface area contributed by atoms with E-state index in [1.807, 2.05) is 28.8 Å². The van der Waals surface area contributed by atoms with Gasteiger partial charge in [-0.25, -0.2) is 4.98 Å². The van der Waals surface area contributed by atoms with Gasteiger partial charge in [0.25, 0.3) is 0 Å². The fourth-order valence-electron chi connectivity index (χ4n) is 2.07. The van der Waals surface area contributed by atoms with E-state index in [4.69, 9.17) is 0 Å². The number of rotatable bonds is 3. The molecule has 0 aromatic carbocycles. The Kier molecular flexibility index (Phi) is 3.12. The first kappa shape index (κ1) is 11.1. The zero-order valence-corrected chi connectivity index (χ0v) is 10.3. The fourth-order valence-corrected chi connectivity index (χ4v) is 2.07. The van der Waals surface area contributed by atoms with E-state index in [1.54, 1.807) is 0 Å². The molecule has 0 radical (unpaired) electrons. The Morgan fingerprint density at radius 1 is 1.39 bits per heavy atom. The third kappa shape index (κ3) is 2.45. The largest absolute Gasteiger partial charge is 0.356 e. The first-order chi connectivity index (χ1) is 8.92. The van der Waals surface area contributed by atoms with Crippen LogP contribution >= 0.6 is 0 Å². The summed E-state index contributed by atoms with van der Waals surface area (Å²) >= 11 is 0. The van der Waals surface area contributed by atoms with Gasteiger partial charge in [-0.05, 0) is 18.6 Å². The molecule has 3 heterocycles. The molecule has 0 atom stereocenters. The number of nitrogens with one attached hydrogen (secondary N) is 2. The Bertz CT molecular complexity index is 524. The molecule has 0 saturated carbocycles. The molecule has 5 heteroatoms. The monoisotopic (exact) mass is 243 g/mol. The predicted molar refractivity (Wildman–Crippen MR) is 71.8 cm³/mol. The number of pyridine rings is 1. The lowest BCUT2D eigenvalue weighted by Gasteiger charge is -2.15. The van der Waals surface area contributed by atoms with Crippen molar-refractivity contribution in [2.75, 3.05) is 19.6 Å². The lowest BCUT2D eigenvalue weighted by atomic mass is 10.3. The summed E-state index contributed by atoms with van der Waals surface area (Å²) in [5.74, 6) is 0.921. The molecule has 0 spiro atoms. The van der Waals surface area contributed by atoms with E-state index in [2.05, 4.69) is 26.8 Å². The number of nitrogens with zero attached hydrogens (tertiary/aromatic N) is 3. The van der Waals surface area contributed by atoms with Gasteiger partial charge in [-0.3, -0.25) is 4.99 Å². The number of aliphatic imine (C=N–C) groups is 1. The van der Waals surface area contributed by atoms with Crippen molar-refractivity contribution in [3.63, 3.8) is 0 Å². The summed E-state index contributed by atoms with van der Waals surface area (Å²) in [4.78, 5) is 8.93. The van der Waals surface area contributed by atoms with E-state index in [0.717, 1.165) is 49.8 Å². The maximum atomic E-state index is 4.56. The molecule has 0 fully saturated rings. The Morgan fingerprint density at radius 2 is 2.39 bits per heavy atom. The van der Waals surface area contributed by atoms with Crippen LogP contribution in [-0.4, -0.2) is 35.0 Å². The van der Waals surface area contributed by atoms with E-state index in [1.165, 1.54) is 0 Å². The Balaban J connectivity index is 1.58. The molecular weight excluding hydrogens is 226 g/mol. The van der Waals surface area contributed by atoms with Crippen molar-refractivity contribution in [2.24, 2.45) is 4.99 Å². The first-order valence-electron chi connectivity index (χ1n) is 6.37. The van der Waals surface area contributed by atoms with Gasteiger partial charge in [-0.1, -0.05) is 6.07 Å². The van der Waals surface area contributed by atoms with Crippen LogP contribution in [0.1, 0.15) is 12.1 Å². The van der Waals surface area contributed by atoms with Gasteiger partial charge in [0, 0.05) is 38.4 Å². The van der Waals surface area contributed by atoms with E-state index in [9.17, 15) is 0 Å². The molecule has 0 amide bonds. The van der Waals surface area contributed by atoms with Gasteiger partial charge in [0.15, 0.2) is 5.96 Å². The third-order valence-corrected chi connectivity index (χ3v) is 2.98. The van der Waals surface area contributed by atoms with Crippen LogP contribution in [0.5, 0.6) is 0 Å². The van der Waals surface area contributed by atoms with E-state index < -0.39 is 0 Å². The quantitative estimate of drug-likeness (QED) is 0.839. The molecule has 2 aromatic heterocycles. The van der Waals surface area contributed by atoms with E-state index in [-0.39, 0.29) is 0 Å². The highest BCUT2D eigenvalue weighted by molar-refractivity contribution is 5.80. The SMILES string of the molecule is c1ccn2cc(CCNC3=NCCCN3)nc2c1. The molecule has 18 heavy (non-hydrogen) atoms. The first-order valence-corrected chi connectivity index (χ1v) is 6.37. The van der Waals surface area contributed by atoms with Crippen LogP contribution in [0.2, 0.25) is 0 Å². The van der Waals surface area contributed by atoms with E-state index >= 15 is 0 Å². The van der Waals surface area contributed by atoms with Crippen LogP contribution in [0.25, 0.3) is 5.65 Å². The second kappa shape index (κ2) is 5.08. The lowest BCUT2D eigenvalue weighted by Crippen LogP contribution is -2.41. The summed E-state index contributed by atoms with van der Waals surface area (Å²) in [5.41, 5.74) is 2.10. The Morgan fingerprint density at radius 3 is 3.22 bits per heavy atom. The number of imidazole rings is 1. The fraction of sp³-hybridized carbons (Fsp3) is 0.385. The van der Waals surface area contributed by atoms with Crippen molar-refractivity contribution < 1.29 is 0 Å². The standard InChI is InChI=1S/C13H17N5/c1-2-9-18-10-11(17-12(18)4-1)5-8-16-13-14-6-3-7-15-13/h1-2,4,9-10H,3,5-8H2,(H2,14,15,16). The average molecular weight is 243 g/mol. The molecule has 3 rings (SSSR count). The van der Waals surface area contributed by atoms with Crippen molar-refractivity contribution in [3.8, 4) is 0 Å². The topological polar surface area (TPSA) is 53.7 Å². The number of hydrogen-bond acceptors (Lipinski definition) is 4. The van der Waals surface area contributed by atoms with Crippen LogP contribution in [0.3, 0.4) is 0 Å². The number of hydrogen-bond donors (Lipinski definition) is 2. The second-order valence-corrected chi connectivity index (χ2v) is 4.39. The van der Waals surface area contributed by atoms with Crippen LogP contribution < -0.4 is 10.6 Å². The summed E-state index contributed by atoms with van der Waals surface area (Å²) in [5, 5.41) is 6.55. The highest BCUT2D eigenvalue weighted by Crippen LogP contribution is 2.04. The van der Waals surface area contributed by atoms with Gasteiger partial charge < -0.3 is 15.0 Å². The van der Waals surface area contributed by atoms with Crippen molar-refractivity contribution in [3.05, 3.63) is 36.3 Å². The van der Waals surface area contributed by atoms with Crippen LogP contribution in [-0.2, 0) is 6.42 Å². The van der Waals surface area contributed by atoms with Gasteiger partial charge >= 0.3 is 0 Å². The smallest absolute Gasteiger partial charge is 0.191 e. The maximum Gasteiger partial charge on any atom is 0.191 e. The predicted octanol–water partition coefficient (Wildman–Crippen LogP) is 0.816. The molecule has 0 saturated heterocycles. The van der Waals surface area contributed by atoms with Gasteiger partial charge in [0.05, 0.1) is 5.69 Å². The van der Waals surface area contributed by atoms with Crippen molar-refractivity contribution in [1.82, 2.24) is 20.0 Å². The van der Waals surface area contributed by atoms with E-state index in [0.29, 0.717) is 0 Å². The summed E-state index contributed by atoms with van der Waals surface area (Å²) in [6, 6.07) is 6.03. The minimum atomic E-state index is 0.857. The molecule has 5 nitrogen and oxygen atoms in total. The van der Waals surface area contributed by atoms with Crippen LogP contribution in [0.4, 0.5) is 0 Å². The Labute approximate surface area is 106 Å². The summed E-state index contributed by atoms with van der Waals surface area (Å²) in [6.45, 7) is 2.79.